The number of halogens is 1. The maximum absolute atomic E-state index is 13.4. The van der Waals surface area contributed by atoms with Gasteiger partial charge < -0.3 is 14.5 Å². The molecule has 3 aromatic rings. The van der Waals surface area contributed by atoms with Crippen LogP contribution in [0.25, 0.3) is 22.2 Å². The number of rotatable bonds is 2. The zero-order valence-corrected chi connectivity index (χ0v) is 19.7. The lowest BCUT2D eigenvalue weighted by atomic mass is 10.0. The van der Waals surface area contributed by atoms with E-state index >= 15 is 0 Å². The summed E-state index contributed by atoms with van der Waals surface area (Å²) in [5.41, 5.74) is 1.57. The quantitative estimate of drug-likeness (QED) is 0.565. The molecule has 0 spiro atoms. The Bertz CT molecular complexity index is 1250. The maximum Gasteiger partial charge on any atom is 0.410 e. The number of benzene rings is 2. The number of piperazine rings is 1. The molecular weight excluding hydrogens is 439 g/mol. The van der Waals surface area contributed by atoms with Crippen molar-refractivity contribution in [2.75, 3.05) is 26.2 Å². The van der Waals surface area contributed by atoms with E-state index in [1.54, 1.807) is 40.1 Å². The lowest BCUT2D eigenvalue weighted by Crippen LogP contribution is -2.51. The molecule has 9 heteroatoms. The van der Waals surface area contributed by atoms with Gasteiger partial charge in [0.25, 0.3) is 5.91 Å². The summed E-state index contributed by atoms with van der Waals surface area (Å²) >= 11 is 0. The lowest BCUT2D eigenvalue weighted by molar-refractivity contribution is 0.0141. The smallest absolute Gasteiger partial charge is 0.410 e. The molecular formula is C25H27FN4O4. The Kier molecular flexibility index (Phi) is 6.12. The topological polar surface area (TPSA) is 84.7 Å². The second-order valence-corrected chi connectivity index (χ2v) is 9.28. The first kappa shape index (κ1) is 23.4. The van der Waals surface area contributed by atoms with Crippen molar-refractivity contribution >= 4 is 28.8 Å². The summed E-state index contributed by atoms with van der Waals surface area (Å²) < 4.78 is 20.1. The molecule has 0 saturated carbocycles. The van der Waals surface area contributed by atoms with Crippen LogP contribution in [0.5, 0.6) is 0 Å². The molecule has 2 aromatic carbocycles. The molecule has 2 amide bonds. The maximum atomic E-state index is 13.4. The van der Waals surface area contributed by atoms with Crippen LogP contribution in [0.4, 0.5) is 9.18 Å². The van der Waals surface area contributed by atoms with Crippen LogP contribution in [0.15, 0.2) is 42.5 Å². The van der Waals surface area contributed by atoms with Crippen molar-refractivity contribution in [2.45, 2.75) is 33.3 Å². The molecule has 0 atom stereocenters. The van der Waals surface area contributed by atoms with Gasteiger partial charge >= 0.3 is 6.09 Å². The summed E-state index contributed by atoms with van der Waals surface area (Å²) in [5, 5.41) is 5.05. The molecule has 1 fully saturated rings. The van der Waals surface area contributed by atoms with Gasteiger partial charge in [-0.05, 0) is 63.2 Å². The Labute approximate surface area is 196 Å². The number of amides is 2. The van der Waals surface area contributed by atoms with E-state index in [4.69, 9.17) is 4.74 Å². The lowest BCUT2D eigenvalue weighted by Gasteiger charge is -2.35. The second kappa shape index (κ2) is 8.89. The Morgan fingerprint density at radius 2 is 1.56 bits per heavy atom. The standard InChI is InChI=1S/C25H27FN4O4/c1-16(31)30-21-10-7-18(15-20(21)22(27-30)17-5-8-19(26)9-6-17)23(32)28-11-13-29(14-12-28)24(33)34-25(2,3)4/h5-10,15H,11-14H2,1-4H3. The summed E-state index contributed by atoms with van der Waals surface area (Å²) in [6.07, 6.45) is -0.387. The first-order valence-electron chi connectivity index (χ1n) is 11.1. The van der Waals surface area contributed by atoms with Crippen molar-refractivity contribution in [1.29, 1.82) is 0 Å². The summed E-state index contributed by atoms with van der Waals surface area (Å²) in [4.78, 5) is 40.9. The number of ether oxygens (including phenoxy) is 1. The number of hydrogen-bond acceptors (Lipinski definition) is 5. The molecule has 8 nitrogen and oxygen atoms in total. The summed E-state index contributed by atoms with van der Waals surface area (Å²) in [6, 6.07) is 10.9. The van der Waals surface area contributed by atoms with Gasteiger partial charge in [-0.1, -0.05) is 0 Å². The van der Waals surface area contributed by atoms with Crippen LogP contribution in [-0.4, -0.2) is 69.3 Å². The molecule has 2 heterocycles. The summed E-state index contributed by atoms with van der Waals surface area (Å²) in [5.74, 6) is -0.817. The number of aromatic nitrogens is 2. The largest absolute Gasteiger partial charge is 0.444 e. The summed E-state index contributed by atoms with van der Waals surface area (Å²) in [6.45, 7) is 8.38. The fraction of sp³-hybridized carbons (Fsp3) is 0.360. The van der Waals surface area contributed by atoms with Gasteiger partial charge in [0.1, 0.15) is 17.1 Å². The number of carbonyl (C=O) groups is 3. The van der Waals surface area contributed by atoms with Crippen molar-refractivity contribution in [3.63, 3.8) is 0 Å². The zero-order chi connectivity index (χ0) is 24.6. The molecule has 34 heavy (non-hydrogen) atoms. The number of fused-ring (bicyclic) bond motifs is 1. The van der Waals surface area contributed by atoms with Crippen molar-refractivity contribution in [3.8, 4) is 11.3 Å². The fourth-order valence-electron chi connectivity index (χ4n) is 3.91. The first-order chi connectivity index (χ1) is 16.0. The molecule has 0 unspecified atom stereocenters. The normalized spacial score (nSPS) is 14.4. The van der Waals surface area contributed by atoms with Crippen LogP contribution >= 0.6 is 0 Å². The highest BCUT2D eigenvalue weighted by Gasteiger charge is 2.28. The number of hydrogen-bond donors (Lipinski definition) is 0. The highest BCUT2D eigenvalue weighted by Crippen LogP contribution is 2.29. The molecule has 0 bridgehead atoms. The van der Waals surface area contributed by atoms with Crippen LogP contribution in [-0.2, 0) is 4.74 Å². The van der Waals surface area contributed by atoms with Gasteiger partial charge in [-0.15, -0.1) is 0 Å². The van der Waals surface area contributed by atoms with Gasteiger partial charge in [-0.2, -0.15) is 9.78 Å². The van der Waals surface area contributed by atoms with Gasteiger partial charge in [0.15, 0.2) is 0 Å². The van der Waals surface area contributed by atoms with Gasteiger partial charge in [0, 0.05) is 49.6 Å². The molecule has 0 N–H and O–H groups in total. The summed E-state index contributed by atoms with van der Waals surface area (Å²) in [7, 11) is 0. The van der Waals surface area contributed by atoms with Crippen LogP contribution in [0, 0.1) is 5.82 Å². The van der Waals surface area contributed by atoms with Crippen molar-refractivity contribution in [2.24, 2.45) is 0 Å². The minimum absolute atomic E-state index is 0.175. The van der Waals surface area contributed by atoms with Gasteiger partial charge in [-0.3, -0.25) is 9.59 Å². The Morgan fingerprint density at radius 1 is 0.941 bits per heavy atom. The van der Waals surface area contributed by atoms with E-state index in [1.807, 2.05) is 20.8 Å². The van der Waals surface area contributed by atoms with Gasteiger partial charge in [-0.25, -0.2) is 9.18 Å². The second-order valence-electron chi connectivity index (χ2n) is 9.28. The Morgan fingerprint density at radius 3 is 2.15 bits per heavy atom. The van der Waals surface area contributed by atoms with Crippen LogP contribution < -0.4 is 0 Å². The number of nitrogens with zero attached hydrogens (tertiary/aromatic N) is 4. The van der Waals surface area contributed by atoms with E-state index < -0.39 is 5.60 Å². The van der Waals surface area contributed by atoms with E-state index in [0.29, 0.717) is 53.9 Å². The minimum atomic E-state index is -0.577. The van der Waals surface area contributed by atoms with Crippen LogP contribution in [0.3, 0.4) is 0 Å². The van der Waals surface area contributed by atoms with E-state index in [1.165, 1.54) is 23.7 Å². The molecule has 1 aromatic heterocycles. The first-order valence-corrected chi connectivity index (χ1v) is 11.1. The minimum Gasteiger partial charge on any atom is -0.444 e. The molecule has 0 radical (unpaired) electrons. The molecule has 1 saturated heterocycles. The van der Waals surface area contributed by atoms with Gasteiger partial charge in [0.2, 0.25) is 5.91 Å². The van der Waals surface area contributed by atoms with E-state index in [0.717, 1.165) is 0 Å². The molecule has 1 aliphatic heterocycles. The Hall–Kier alpha value is -3.75. The molecule has 4 rings (SSSR count). The zero-order valence-electron chi connectivity index (χ0n) is 19.7. The van der Waals surface area contributed by atoms with E-state index in [2.05, 4.69) is 5.10 Å². The SMILES string of the molecule is CC(=O)n1nc(-c2ccc(F)cc2)c2cc(C(=O)N3CCN(C(=O)OC(C)(C)C)CC3)ccc21. The third kappa shape index (κ3) is 4.78. The third-order valence-electron chi connectivity index (χ3n) is 5.56. The highest BCUT2D eigenvalue weighted by molar-refractivity contribution is 6.04. The highest BCUT2D eigenvalue weighted by atomic mass is 19.1. The van der Waals surface area contributed by atoms with Crippen LogP contribution in [0.1, 0.15) is 42.8 Å². The van der Waals surface area contributed by atoms with E-state index in [9.17, 15) is 18.8 Å². The Balaban J connectivity index is 1.58. The number of carbonyl (C=O) groups excluding carboxylic acids is 3. The third-order valence-corrected chi connectivity index (χ3v) is 5.56. The average Bonchev–Trinajstić information content (AvgIpc) is 3.17. The van der Waals surface area contributed by atoms with Crippen molar-refractivity contribution < 1.29 is 23.5 Å². The van der Waals surface area contributed by atoms with Crippen LogP contribution in [0.2, 0.25) is 0 Å². The van der Waals surface area contributed by atoms with Crippen molar-refractivity contribution in [3.05, 3.63) is 53.8 Å². The predicted molar refractivity (Wildman–Crippen MR) is 125 cm³/mol. The molecule has 1 aliphatic rings. The monoisotopic (exact) mass is 466 g/mol. The van der Waals surface area contributed by atoms with Crippen molar-refractivity contribution in [1.82, 2.24) is 19.6 Å². The fourth-order valence-corrected chi connectivity index (χ4v) is 3.91. The van der Waals surface area contributed by atoms with Gasteiger partial charge in [0.05, 0.1) is 5.52 Å². The predicted octanol–water partition coefficient (Wildman–Crippen LogP) is 4.20. The molecule has 178 valence electrons. The molecule has 0 aliphatic carbocycles. The van der Waals surface area contributed by atoms with E-state index in [-0.39, 0.29) is 23.7 Å². The average molecular weight is 467 g/mol.